The second-order valence-electron chi connectivity index (χ2n) is 7.21. The fourth-order valence-electron chi connectivity index (χ4n) is 4.08. The van der Waals surface area contributed by atoms with Crippen molar-refractivity contribution >= 4 is 17.2 Å². The zero-order chi connectivity index (χ0) is 21.3. The van der Waals surface area contributed by atoms with Gasteiger partial charge in [-0.1, -0.05) is 6.07 Å². The molecule has 0 aliphatic carbocycles. The molecule has 0 radical (unpaired) electrons. The standard InChI is InChI=1S/C21H21N5O3S/c1-3-29-18-13(8-22)5-4-6-16(18)20-24-17-10-26(21(27)19(17)30-20)14-7-15(11-28-2)25(9-14)12-23/h4-6,14-15H,3,7,9-11H2,1-2H3/t14-,15+/m1/s1. The van der Waals surface area contributed by atoms with Gasteiger partial charge in [0.1, 0.15) is 21.7 Å². The fraction of sp³-hybridized carbons (Fsp3) is 0.429. The normalized spacial score (nSPS) is 20.2. The van der Waals surface area contributed by atoms with E-state index >= 15 is 0 Å². The van der Waals surface area contributed by atoms with Gasteiger partial charge in [-0.3, -0.25) is 4.79 Å². The van der Waals surface area contributed by atoms with E-state index in [-0.39, 0.29) is 18.0 Å². The van der Waals surface area contributed by atoms with Crippen LogP contribution < -0.4 is 4.74 Å². The smallest absolute Gasteiger partial charge is 0.266 e. The molecule has 2 atom stereocenters. The molecule has 3 heterocycles. The van der Waals surface area contributed by atoms with Crippen LogP contribution in [0.25, 0.3) is 10.6 Å². The molecule has 2 aliphatic rings. The first-order valence-corrected chi connectivity index (χ1v) is 10.5. The summed E-state index contributed by atoms with van der Waals surface area (Å²) >= 11 is 1.33. The van der Waals surface area contributed by atoms with E-state index < -0.39 is 0 Å². The number of fused-ring (bicyclic) bond motifs is 1. The Bertz CT molecular complexity index is 1050. The van der Waals surface area contributed by atoms with Gasteiger partial charge in [0.2, 0.25) is 0 Å². The number of hydrogen-bond acceptors (Lipinski definition) is 8. The van der Waals surface area contributed by atoms with Crippen LogP contribution in [-0.2, 0) is 11.3 Å². The highest BCUT2D eigenvalue weighted by molar-refractivity contribution is 7.17. The number of nitrogens with zero attached hydrogens (tertiary/aromatic N) is 5. The number of hydrogen-bond donors (Lipinski definition) is 0. The Kier molecular flexibility index (Phi) is 5.58. The number of nitriles is 2. The fourth-order valence-corrected chi connectivity index (χ4v) is 5.14. The predicted octanol–water partition coefficient (Wildman–Crippen LogP) is 2.61. The van der Waals surface area contributed by atoms with Crippen molar-refractivity contribution in [3.8, 4) is 28.6 Å². The van der Waals surface area contributed by atoms with Crippen LogP contribution in [0, 0.1) is 22.8 Å². The molecule has 0 N–H and O–H groups in total. The molecule has 1 aromatic heterocycles. The van der Waals surface area contributed by atoms with Crippen molar-refractivity contribution in [1.82, 2.24) is 14.8 Å². The summed E-state index contributed by atoms with van der Waals surface area (Å²) in [4.78, 5) is 21.9. The van der Waals surface area contributed by atoms with Crippen molar-refractivity contribution in [2.75, 3.05) is 26.9 Å². The van der Waals surface area contributed by atoms with E-state index in [4.69, 9.17) is 14.5 Å². The summed E-state index contributed by atoms with van der Waals surface area (Å²) in [5.41, 5.74) is 1.92. The Morgan fingerprint density at radius 1 is 1.37 bits per heavy atom. The van der Waals surface area contributed by atoms with Crippen LogP contribution in [0.3, 0.4) is 0 Å². The molecule has 4 rings (SSSR count). The molecule has 0 spiro atoms. The summed E-state index contributed by atoms with van der Waals surface area (Å²) in [5, 5.41) is 19.4. The van der Waals surface area contributed by atoms with Crippen molar-refractivity contribution < 1.29 is 14.3 Å². The van der Waals surface area contributed by atoms with Gasteiger partial charge in [-0.25, -0.2) is 4.98 Å². The van der Waals surface area contributed by atoms with Crippen molar-refractivity contribution in [2.24, 2.45) is 0 Å². The predicted molar refractivity (Wildman–Crippen MR) is 110 cm³/mol. The van der Waals surface area contributed by atoms with Crippen molar-refractivity contribution in [3.05, 3.63) is 34.3 Å². The largest absolute Gasteiger partial charge is 0.492 e. The van der Waals surface area contributed by atoms with Gasteiger partial charge in [0.25, 0.3) is 5.91 Å². The van der Waals surface area contributed by atoms with E-state index in [1.54, 1.807) is 24.1 Å². The molecular weight excluding hydrogens is 402 g/mol. The highest BCUT2D eigenvalue weighted by Crippen LogP contribution is 2.40. The molecule has 2 aliphatic heterocycles. The maximum Gasteiger partial charge on any atom is 0.266 e. The average Bonchev–Trinajstić information content (AvgIpc) is 3.43. The van der Waals surface area contributed by atoms with Crippen molar-refractivity contribution in [1.29, 1.82) is 10.5 Å². The van der Waals surface area contributed by atoms with Crippen molar-refractivity contribution in [3.63, 3.8) is 0 Å². The number of benzene rings is 1. The van der Waals surface area contributed by atoms with Crippen LogP contribution in [0.4, 0.5) is 0 Å². The number of methoxy groups -OCH3 is 1. The number of ether oxygens (including phenoxy) is 2. The molecule has 2 aromatic rings. The Hall–Kier alpha value is -3.14. The van der Waals surface area contributed by atoms with E-state index in [1.165, 1.54) is 11.3 Å². The first-order valence-electron chi connectivity index (χ1n) is 9.73. The second-order valence-corrected chi connectivity index (χ2v) is 8.21. The Morgan fingerprint density at radius 3 is 2.87 bits per heavy atom. The molecule has 8 nitrogen and oxygen atoms in total. The number of carbonyl (C=O) groups is 1. The SMILES string of the molecule is CCOc1c(C#N)cccc1-c1nc2c(s1)C(=O)N([C@@H]1C[C@@H](COC)N(C#N)C1)C2. The van der Waals surface area contributed by atoms with Gasteiger partial charge < -0.3 is 19.3 Å². The maximum atomic E-state index is 13.1. The molecule has 9 heteroatoms. The average molecular weight is 423 g/mol. The van der Waals surface area contributed by atoms with Crippen LogP contribution in [-0.4, -0.2) is 59.6 Å². The third kappa shape index (κ3) is 3.36. The van der Waals surface area contributed by atoms with Gasteiger partial charge in [-0.15, -0.1) is 11.3 Å². The first-order chi connectivity index (χ1) is 14.6. The van der Waals surface area contributed by atoms with Gasteiger partial charge in [-0.05, 0) is 25.5 Å². The Morgan fingerprint density at radius 2 is 2.20 bits per heavy atom. The molecule has 1 aromatic carbocycles. The molecule has 154 valence electrons. The number of carbonyl (C=O) groups excluding carboxylic acids is 1. The molecule has 1 amide bonds. The minimum Gasteiger partial charge on any atom is -0.492 e. The van der Waals surface area contributed by atoms with E-state index in [0.29, 0.717) is 53.9 Å². The molecule has 0 saturated carbocycles. The molecule has 30 heavy (non-hydrogen) atoms. The zero-order valence-electron chi connectivity index (χ0n) is 16.8. The van der Waals surface area contributed by atoms with Crippen LogP contribution in [0.5, 0.6) is 5.75 Å². The van der Waals surface area contributed by atoms with Gasteiger partial charge in [-0.2, -0.15) is 10.5 Å². The third-order valence-electron chi connectivity index (χ3n) is 5.45. The Labute approximate surface area is 178 Å². The maximum absolute atomic E-state index is 13.1. The quantitative estimate of drug-likeness (QED) is 0.658. The van der Waals surface area contributed by atoms with Crippen LogP contribution in [0.2, 0.25) is 0 Å². The number of amides is 1. The lowest BCUT2D eigenvalue weighted by Crippen LogP contribution is -2.37. The highest BCUT2D eigenvalue weighted by atomic mass is 32.1. The number of thiazole rings is 1. The molecular formula is C21H21N5O3S. The van der Waals surface area contributed by atoms with E-state index in [9.17, 15) is 15.3 Å². The lowest BCUT2D eigenvalue weighted by molar-refractivity contribution is 0.0712. The molecule has 0 bridgehead atoms. The number of aromatic nitrogens is 1. The molecule has 0 unspecified atom stereocenters. The third-order valence-corrected chi connectivity index (χ3v) is 6.57. The minimum atomic E-state index is -0.0518. The topological polar surface area (TPSA) is 102 Å². The van der Waals surface area contributed by atoms with Gasteiger partial charge >= 0.3 is 0 Å². The lowest BCUT2D eigenvalue weighted by atomic mass is 10.1. The van der Waals surface area contributed by atoms with Gasteiger partial charge in [0, 0.05) is 13.7 Å². The summed E-state index contributed by atoms with van der Waals surface area (Å²) < 4.78 is 10.9. The molecule has 1 fully saturated rings. The van der Waals surface area contributed by atoms with Gasteiger partial charge in [0.05, 0.1) is 48.7 Å². The summed E-state index contributed by atoms with van der Waals surface area (Å²) in [6, 6.07) is 7.46. The monoisotopic (exact) mass is 423 g/mol. The van der Waals surface area contributed by atoms with E-state index in [2.05, 4.69) is 12.3 Å². The highest BCUT2D eigenvalue weighted by Gasteiger charge is 2.42. The lowest BCUT2D eigenvalue weighted by Gasteiger charge is -2.22. The van der Waals surface area contributed by atoms with Crippen LogP contribution in [0.15, 0.2) is 18.2 Å². The summed E-state index contributed by atoms with van der Waals surface area (Å²) in [5.74, 6) is 0.450. The molecule has 1 saturated heterocycles. The van der Waals surface area contributed by atoms with Crippen molar-refractivity contribution in [2.45, 2.75) is 32.0 Å². The van der Waals surface area contributed by atoms with E-state index in [1.807, 2.05) is 17.9 Å². The second kappa shape index (κ2) is 8.31. The van der Waals surface area contributed by atoms with Gasteiger partial charge in [0.15, 0.2) is 6.19 Å². The summed E-state index contributed by atoms with van der Waals surface area (Å²) in [6.45, 7) is 3.70. The Balaban J connectivity index is 1.58. The van der Waals surface area contributed by atoms with E-state index in [0.717, 1.165) is 11.3 Å². The van der Waals surface area contributed by atoms with Crippen LogP contribution in [0.1, 0.15) is 34.3 Å². The first kappa shape index (κ1) is 20.1. The summed E-state index contributed by atoms with van der Waals surface area (Å²) in [6.07, 6.45) is 2.91. The minimum absolute atomic E-state index is 0.0116. The summed E-state index contributed by atoms with van der Waals surface area (Å²) in [7, 11) is 1.62. The van der Waals surface area contributed by atoms with Crippen LogP contribution >= 0.6 is 11.3 Å². The zero-order valence-corrected chi connectivity index (χ0v) is 17.6. The number of para-hydroxylation sites is 1. The number of likely N-dealkylation sites (tertiary alicyclic amines) is 1. The number of rotatable bonds is 6.